The second-order valence-corrected chi connectivity index (χ2v) is 8.98. The zero-order valence-electron chi connectivity index (χ0n) is 14.6. The molecule has 1 aromatic carbocycles. The number of alkyl halides is 3. The molecule has 3 nitrogen and oxygen atoms in total. The van der Waals surface area contributed by atoms with Crippen molar-refractivity contribution in [3.63, 3.8) is 0 Å². The maximum atomic E-state index is 12.7. The number of aromatic nitrogens is 3. The SMILES string of the molecule is CC(Sc1nnc(Cc2cccs2)n1C1CC1)c1ccc(C(F)(F)F)cc1. The van der Waals surface area contributed by atoms with Crippen LogP contribution in [-0.4, -0.2) is 14.8 Å². The van der Waals surface area contributed by atoms with E-state index in [0.29, 0.717) is 6.04 Å². The number of nitrogens with zero attached hydrogens (tertiary/aromatic N) is 3. The first kappa shape index (κ1) is 18.6. The summed E-state index contributed by atoms with van der Waals surface area (Å²) in [5.41, 5.74) is 0.223. The molecule has 0 N–H and O–H groups in total. The zero-order chi connectivity index (χ0) is 19.0. The van der Waals surface area contributed by atoms with Gasteiger partial charge in [-0.3, -0.25) is 0 Å². The Hall–Kier alpha value is -1.80. The Morgan fingerprint density at radius 2 is 1.93 bits per heavy atom. The molecule has 1 unspecified atom stereocenters. The molecular weight excluding hydrogens is 391 g/mol. The molecule has 1 aliphatic rings. The van der Waals surface area contributed by atoms with Crippen LogP contribution in [0.4, 0.5) is 13.2 Å². The van der Waals surface area contributed by atoms with Crippen molar-refractivity contribution in [2.45, 2.75) is 48.8 Å². The minimum Gasteiger partial charge on any atom is -0.303 e. The number of rotatable bonds is 6. The molecule has 1 atom stereocenters. The highest BCUT2D eigenvalue weighted by Gasteiger charge is 2.32. The van der Waals surface area contributed by atoms with E-state index in [2.05, 4.69) is 26.2 Å². The van der Waals surface area contributed by atoms with Crippen molar-refractivity contribution in [2.24, 2.45) is 0 Å². The van der Waals surface area contributed by atoms with Crippen LogP contribution >= 0.6 is 23.1 Å². The van der Waals surface area contributed by atoms with Crippen LogP contribution in [0.5, 0.6) is 0 Å². The predicted octanol–water partition coefficient (Wildman–Crippen LogP) is 6.14. The lowest BCUT2D eigenvalue weighted by Gasteiger charge is -2.14. The summed E-state index contributed by atoms with van der Waals surface area (Å²) in [7, 11) is 0. The number of hydrogen-bond acceptors (Lipinski definition) is 4. The van der Waals surface area contributed by atoms with E-state index in [4.69, 9.17) is 0 Å². The molecular formula is C19H18F3N3S2. The van der Waals surface area contributed by atoms with Gasteiger partial charge in [-0.25, -0.2) is 0 Å². The topological polar surface area (TPSA) is 30.7 Å². The number of thiophene rings is 1. The molecule has 142 valence electrons. The smallest absolute Gasteiger partial charge is 0.303 e. The highest BCUT2D eigenvalue weighted by Crippen LogP contribution is 2.42. The Morgan fingerprint density at radius 3 is 2.52 bits per heavy atom. The van der Waals surface area contributed by atoms with Crippen molar-refractivity contribution in [3.8, 4) is 0 Å². The van der Waals surface area contributed by atoms with E-state index in [1.807, 2.05) is 13.0 Å². The van der Waals surface area contributed by atoms with E-state index in [0.717, 1.165) is 47.9 Å². The molecule has 1 aliphatic carbocycles. The number of hydrogen-bond donors (Lipinski definition) is 0. The fraction of sp³-hybridized carbons (Fsp3) is 0.368. The number of thioether (sulfide) groups is 1. The summed E-state index contributed by atoms with van der Waals surface area (Å²) < 4.78 is 40.5. The Kier molecular flexibility index (Phi) is 5.03. The van der Waals surface area contributed by atoms with Gasteiger partial charge in [-0.15, -0.1) is 21.5 Å². The van der Waals surface area contributed by atoms with Gasteiger partial charge in [0.05, 0.1) is 5.56 Å². The van der Waals surface area contributed by atoms with Crippen molar-refractivity contribution in [3.05, 3.63) is 63.6 Å². The van der Waals surface area contributed by atoms with Gasteiger partial charge in [-0.2, -0.15) is 13.2 Å². The highest BCUT2D eigenvalue weighted by molar-refractivity contribution is 7.99. The average Bonchev–Trinajstić information content (AvgIpc) is 3.19. The van der Waals surface area contributed by atoms with Crippen LogP contribution in [0.25, 0.3) is 0 Å². The fourth-order valence-corrected chi connectivity index (χ4v) is 4.71. The summed E-state index contributed by atoms with van der Waals surface area (Å²) in [6, 6.07) is 9.93. The quantitative estimate of drug-likeness (QED) is 0.458. The Bertz CT molecular complexity index is 897. The normalized spacial score (nSPS) is 15.9. The molecule has 2 heterocycles. The van der Waals surface area contributed by atoms with Gasteiger partial charge >= 0.3 is 6.18 Å². The largest absolute Gasteiger partial charge is 0.416 e. The lowest BCUT2D eigenvalue weighted by Crippen LogP contribution is -2.05. The number of benzene rings is 1. The monoisotopic (exact) mass is 409 g/mol. The third-order valence-corrected chi connectivity index (χ3v) is 6.54. The minimum atomic E-state index is -4.31. The lowest BCUT2D eigenvalue weighted by molar-refractivity contribution is -0.137. The highest BCUT2D eigenvalue weighted by atomic mass is 32.2. The van der Waals surface area contributed by atoms with E-state index in [9.17, 15) is 13.2 Å². The van der Waals surface area contributed by atoms with Crippen LogP contribution in [0, 0.1) is 0 Å². The minimum absolute atomic E-state index is 0.0106. The standard InChI is InChI=1S/C19H18F3N3S2/c1-12(13-4-6-14(7-5-13)19(20,21)22)27-18-24-23-17(25(18)15-8-9-15)11-16-3-2-10-26-16/h2-7,10,12,15H,8-9,11H2,1H3. The third kappa shape index (κ3) is 4.21. The maximum Gasteiger partial charge on any atom is 0.416 e. The zero-order valence-corrected chi connectivity index (χ0v) is 16.2. The van der Waals surface area contributed by atoms with Gasteiger partial charge in [-0.05, 0) is 48.9 Å². The van der Waals surface area contributed by atoms with Crippen LogP contribution in [-0.2, 0) is 12.6 Å². The van der Waals surface area contributed by atoms with E-state index in [-0.39, 0.29) is 5.25 Å². The summed E-state index contributed by atoms with van der Waals surface area (Å²) in [5.74, 6) is 0.960. The van der Waals surface area contributed by atoms with Gasteiger partial charge in [0.2, 0.25) is 0 Å². The molecule has 0 aliphatic heterocycles. The van der Waals surface area contributed by atoms with Gasteiger partial charge in [0.25, 0.3) is 0 Å². The van der Waals surface area contributed by atoms with Gasteiger partial charge in [0.15, 0.2) is 5.16 Å². The summed E-state index contributed by atoms with van der Waals surface area (Å²) in [5, 5.41) is 11.7. The molecule has 0 saturated heterocycles. The van der Waals surface area contributed by atoms with E-state index < -0.39 is 11.7 Å². The molecule has 2 aromatic heterocycles. The average molecular weight is 410 g/mol. The fourth-order valence-electron chi connectivity index (χ4n) is 2.95. The lowest BCUT2D eigenvalue weighted by atomic mass is 10.1. The second-order valence-electron chi connectivity index (χ2n) is 6.64. The first-order valence-corrected chi connectivity index (χ1v) is 10.5. The van der Waals surface area contributed by atoms with Crippen molar-refractivity contribution in [2.75, 3.05) is 0 Å². The van der Waals surface area contributed by atoms with Gasteiger partial charge in [-0.1, -0.05) is 30.0 Å². The van der Waals surface area contributed by atoms with Gasteiger partial charge in [0, 0.05) is 22.6 Å². The third-order valence-electron chi connectivity index (χ3n) is 4.55. The Labute approximate surface area is 163 Å². The molecule has 3 aromatic rings. The molecule has 0 bridgehead atoms. The predicted molar refractivity (Wildman–Crippen MR) is 101 cm³/mol. The molecule has 0 spiro atoms. The van der Waals surface area contributed by atoms with Crippen molar-refractivity contribution >= 4 is 23.1 Å². The van der Waals surface area contributed by atoms with E-state index in [1.54, 1.807) is 35.2 Å². The molecule has 1 fully saturated rings. The number of halogens is 3. The van der Waals surface area contributed by atoms with Crippen molar-refractivity contribution < 1.29 is 13.2 Å². The van der Waals surface area contributed by atoms with Crippen LogP contribution in [0.3, 0.4) is 0 Å². The van der Waals surface area contributed by atoms with E-state index in [1.165, 1.54) is 4.88 Å². The summed E-state index contributed by atoms with van der Waals surface area (Å²) in [6.07, 6.45) is -1.30. The second kappa shape index (κ2) is 7.31. The van der Waals surface area contributed by atoms with Crippen LogP contribution in [0.15, 0.2) is 46.9 Å². The van der Waals surface area contributed by atoms with Crippen LogP contribution in [0.1, 0.15) is 52.9 Å². The van der Waals surface area contributed by atoms with Crippen LogP contribution in [0.2, 0.25) is 0 Å². The summed E-state index contributed by atoms with van der Waals surface area (Å²) in [6.45, 7) is 1.98. The first-order valence-electron chi connectivity index (χ1n) is 8.72. The molecule has 0 amide bonds. The van der Waals surface area contributed by atoms with Crippen LogP contribution < -0.4 is 0 Å². The van der Waals surface area contributed by atoms with Gasteiger partial charge in [0.1, 0.15) is 5.82 Å². The van der Waals surface area contributed by atoms with Gasteiger partial charge < -0.3 is 4.57 Å². The molecule has 1 saturated carbocycles. The van der Waals surface area contributed by atoms with E-state index >= 15 is 0 Å². The molecule has 8 heteroatoms. The Balaban J connectivity index is 1.53. The summed E-state index contributed by atoms with van der Waals surface area (Å²) >= 11 is 3.25. The summed E-state index contributed by atoms with van der Waals surface area (Å²) in [4.78, 5) is 1.25. The molecule has 27 heavy (non-hydrogen) atoms. The molecule has 4 rings (SSSR count). The first-order chi connectivity index (χ1) is 12.9. The molecule has 0 radical (unpaired) electrons. The van der Waals surface area contributed by atoms with Crippen molar-refractivity contribution in [1.82, 2.24) is 14.8 Å². The van der Waals surface area contributed by atoms with Crippen molar-refractivity contribution in [1.29, 1.82) is 0 Å². The maximum absolute atomic E-state index is 12.7. The Morgan fingerprint density at radius 1 is 1.19 bits per heavy atom.